The molecule has 0 saturated carbocycles. The molecule has 1 aliphatic heterocycles. The Balaban J connectivity index is 2.22. The summed E-state index contributed by atoms with van der Waals surface area (Å²) in [5, 5.41) is 0. The Kier molecular flexibility index (Phi) is 3.46. The van der Waals surface area contributed by atoms with Crippen LogP contribution in [0, 0.1) is 5.41 Å². The molecule has 1 atom stereocenters. The predicted molar refractivity (Wildman–Crippen MR) is 64.1 cm³/mol. The molecule has 17 heavy (non-hydrogen) atoms. The fraction of sp³-hybridized carbons (Fsp3) is 0.571. The summed E-state index contributed by atoms with van der Waals surface area (Å²) in [6.45, 7) is 2.13. The van der Waals surface area contributed by atoms with E-state index >= 15 is 0 Å². The van der Waals surface area contributed by atoms with E-state index in [1.54, 1.807) is 0 Å². The molecule has 0 amide bonds. The molecule has 0 aromatic heterocycles. The van der Waals surface area contributed by atoms with Gasteiger partial charge in [0.25, 0.3) is 0 Å². The summed E-state index contributed by atoms with van der Waals surface area (Å²) in [5.74, 6) is -0.837. The normalized spacial score (nSPS) is 28.2. The highest BCUT2D eigenvalue weighted by molar-refractivity contribution is 6.11. The molecule has 1 fully saturated rings. The van der Waals surface area contributed by atoms with Gasteiger partial charge in [-0.25, -0.2) is 4.79 Å². The summed E-state index contributed by atoms with van der Waals surface area (Å²) >= 11 is 0. The minimum absolute atomic E-state index is 0.388. The molecule has 2 aliphatic rings. The second kappa shape index (κ2) is 4.86. The topological polar surface area (TPSA) is 43.4 Å². The number of ether oxygens (including phenoxy) is 1. The molecule has 1 saturated heterocycles. The number of rotatable bonds is 4. The van der Waals surface area contributed by atoms with Crippen LogP contribution in [0.2, 0.25) is 0 Å². The molecule has 1 aliphatic carbocycles. The lowest BCUT2D eigenvalue weighted by Crippen LogP contribution is -2.27. The highest BCUT2D eigenvalue weighted by atomic mass is 16.6. The van der Waals surface area contributed by atoms with E-state index in [1.165, 1.54) is 0 Å². The van der Waals surface area contributed by atoms with Gasteiger partial charge < -0.3 is 4.74 Å². The van der Waals surface area contributed by atoms with Crippen LogP contribution in [0.1, 0.15) is 45.4 Å². The summed E-state index contributed by atoms with van der Waals surface area (Å²) in [6, 6.07) is 0. The van der Waals surface area contributed by atoms with Crippen LogP contribution >= 0.6 is 0 Å². The van der Waals surface area contributed by atoms with Crippen LogP contribution in [0.5, 0.6) is 0 Å². The maximum Gasteiger partial charge on any atom is 0.342 e. The number of carbonyl (C=O) groups excluding carboxylic acids is 2. The van der Waals surface area contributed by atoms with E-state index in [2.05, 4.69) is 6.92 Å². The zero-order valence-electron chi connectivity index (χ0n) is 10.2. The standard InChI is InChI=1S/C14H18O3/c1-2-3-4-6-9-14-10-7-5-8-11(14)12(15)17-13(14)16/h6,8-9H,2-5,7,10H2,1H3/b9-6+. The van der Waals surface area contributed by atoms with Gasteiger partial charge in [-0.15, -0.1) is 0 Å². The van der Waals surface area contributed by atoms with Crippen molar-refractivity contribution < 1.29 is 14.3 Å². The Morgan fingerprint density at radius 1 is 1.47 bits per heavy atom. The zero-order valence-corrected chi connectivity index (χ0v) is 10.2. The van der Waals surface area contributed by atoms with Crippen molar-refractivity contribution in [2.75, 3.05) is 0 Å². The Labute approximate surface area is 102 Å². The molecule has 1 unspecified atom stereocenters. The quantitative estimate of drug-likeness (QED) is 0.325. The molecule has 3 heteroatoms. The van der Waals surface area contributed by atoms with Gasteiger partial charge in [-0.05, 0) is 25.7 Å². The predicted octanol–water partition coefficient (Wildman–Crippen LogP) is 2.91. The van der Waals surface area contributed by atoms with Gasteiger partial charge in [0.1, 0.15) is 5.41 Å². The Morgan fingerprint density at radius 2 is 2.29 bits per heavy atom. The highest BCUT2D eigenvalue weighted by Crippen LogP contribution is 2.45. The third-order valence-electron chi connectivity index (χ3n) is 3.50. The van der Waals surface area contributed by atoms with Gasteiger partial charge in [0, 0.05) is 0 Å². The van der Waals surface area contributed by atoms with Crippen LogP contribution < -0.4 is 0 Å². The molecule has 0 bridgehead atoms. The van der Waals surface area contributed by atoms with Gasteiger partial charge in [0.05, 0.1) is 5.57 Å². The average Bonchev–Trinajstić information content (AvgIpc) is 2.58. The van der Waals surface area contributed by atoms with Crippen molar-refractivity contribution in [3.8, 4) is 0 Å². The lowest BCUT2D eigenvalue weighted by molar-refractivity contribution is -0.154. The van der Waals surface area contributed by atoms with Gasteiger partial charge in [-0.3, -0.25) is 4.79 Å². The fourth-order valence-corrected chi connectivity index (χ4v) is 2.50. The Bertz CT molecular complexity index is 392. The van der Waals surface area contributed by atoms with Crippen molar-refractivity contribution in [1.29, 1.82) is 0 Å². The van der Waals surface area contributed by atoms with Crippen LogP contribution in [0.15, 0.2) is 23.8 Å². The third-order valence-corrected chi connectivity index (χ3v) is 3.50. The number of allylic oxidation sites excluding steroid dienone is 2. The van der Waals surface area contributed by atoms with Gasteiger partial charge in [-0.2, -0.15) is 0 Å². The number of cyclic esters (lactones) is 2. The number of hydrogen-bond donors (Lipinski definition) is 0. The van der Waals surface area contributed by atoms with Crippen molar-refractivity contribution in [2.45, 2.75) is 45.4 Å². The van der Waals surface area contributed by atoms with Crippen LogP contribution in [0.3, 0.4) is 0 Å². The van der Waals surface area contributed by atoms with Gasteiger partial charge in [0.15, 0.2) is 0 Å². The average molecular weight is 234 g/mol. The second-order valence-corrected chi connectivity index (χ2v) is 4.70. The molecule has 0 aromatic carbocycles. The minimum Gasteiger partial charge on any atom is -0.389 e. The first-order valence-corrected chi connectivity index (χ1v) is 6.35. The van der Waals surface area contributed by atoms with Crippen molar-refractivity contribution in [2.24, 2.45) is 5.41 Å². The Morgan fingerprint density at radius 3 is 3.06 bits per heavy atom. The van der Waals surface area contributed by atoms with Gasteiger partial charge in [0.2, 0.25) is 0 Å². The lowest BCUT2D eigenvalue weighted by atomic mass is 9.73. The van der Waals surface area contributed by atoms with Crippen LogP contribution in [0.25, 0.3) is 0 Å². The van der Waals surface area contributed by atoms with E-state index in [-0.39, 0.29) is 5.97 Å². The van der Waals surface area contributed by atoms with Gasteiger partial charge in [-0.1, -0.05) is 38.0 Å². The molecule has 92 valence electrons. The smallest absolute Gasteiger partial charge is 0.342 e. The van der Waals surface area contributed by atoms with Crippen LogP contribution in [0.4, 0.5) is 0 Å². The molecular weight excluding hydrogens is 216 g/mol. The van der Waals surface area contributed by atoms with E-state index < -0.39 is 11.4 Å². The highest BCUT2D eigenvalue weighted by Gasteiger charge is 2.52. The summed E-state index contributed by atoms with van der Waals surface area (Å²) in [4.78, 5) is 23.4. The van der Waals surface area contributed by atoms with Crippen molar-refractivity contribution >= 4 is 11.9 Å². The third kappa shape index (κ3) is 2.06. The molecule has 2 rings (SSSR count). The van der Waals surface area contributed by atoms with E-state index in [0.29, 0.717) is 12.0 Å². The number of carbonyl (C=O) groups is 2. The van der Waals surface area contributed by atoms with Crippen LogP contribution in [-0.2, 0) is 14.3 Å². The molecule has 0 spiro atoms. The van der Waals surface area contributed by atoms with E-state index in [9.17, 15) is 9.59 Å². The number of esters is 2. The SMILES string of the molecule is CCCC/C=C/C12CCCC=C1C(=O)OC2=O. The molecular formula is C14H18O3. The number of hydrogen-bond acceptors (Lipinski definition) is 3. The molecule has 1 heterocycles. The largest absolute Gasteiger partial charge is 0.389 e. The van der Waals surface area contributed by atoms with Crippen molar-refractivity contribution in [1.82, 2.24) is 0 Å². The summed E-state index contributed by atoms with van der Waals surface area (Å²) in [5.41, 5.74) is -0.204. The zero-order chi connectivity index (χ0) is 12.3. The van der Waals surface area contributed by atoms with E-state index in [4.69, 9.17) is 4.74 Å². The first-order chi connectivity index (χ1) is 8.20. The van der Waals surface area contributed by atoms with E-state index in [1.807, 2.05) is 18.2 Å². The summed E-state index contributed by atoms with van der Waals surface area (Å²) in [7, 11) is 0. The van der Waals surface area contributed by atoms with E-state index in [0.717, 1.165) is 32.1 Å². The monoisotopic (exact) mass is 234 g/mol. The maximum absolute atomic E-state index is 11.9. The minimum atomic E-state index is -0.761. The Hall–Kier alpha value is -1.38. The second-order valence-electron chi connectivity index (χ2n) is 4.70. The first kappa shape index (κ1) is 12.1. The van der Waals surface area contributed by atoms with Crippen molar-refractivity contribution in [3.63, 3.8) is 0 Å². The molecule has 0 aromatic rings. The first-order valence-electron chi connectivity index (χ1n) is 6.35. The lowest BCUT2D eigenvalue weighted by Gasteiger charge is -2.24. The molecule has 3 nitrogen and oxygen atoms in total. The maximum atomic E-state index is 11.9. The van der Waals surface area contributed by atoms with Crippen LogP contribution in [-0.4, -0.2) is 11.9 Å². The number of fused-ring (bicyclic) bond motifs is 1. The van der Waals surface area contributed by atoms with Gasteiger partial charge >= 0.3 is 11.9 Å². The summed E-state index contributed by atoms with van der Waals surface area (Å²) < 4.78 is 4.77. The number of unbranched alkanes of at least 4 members (excludes halogenated alkanes) is 2. The summed E-state index contributed by atoms with van der Waals surface area (Å²) in [6.07, 6.45) is 11.5. The fourth-order valence-electron chi connectivity index (χ4n) is 2.50. The molecule has 0 N–H and O–H groups in total. The van der Waals surface area contributed by atoms with Crippen molar-refractivity contribution in [3.05, 3.63) is 23.8 Å². The molecule has 0 radical (unpaired) electrons.